The maximum absolute atomic E-state index is 13.6. The highest BCUT2D eigenvalue weighted by molar-refractivity contribution is 7.89. The highest BCUT2D eigenvalue weighted by Crippen LogP contribution is 2.39. The summed E-state index contributed by atoms with van der Waals surface area (Å²) in [4.78, 5) is 27.9. The summed E-state index contributed by atoms with van der Waals surface area (Å²) in [5.41, 5.74) is 6.12. The number of pyridine rings is 1. The molecule has 0 saturated heterocycles. The van der Waals surface area contributed by atoms with Crippen molar-refractivity contribution in [2.45, 2.75) is 115 Å². The molecule has 0 atom stereocenters. The van der Waals surface area contributed by atoms with E-state index < -0.39 is 51.4 Å². The van der Waals surface area contributed by atoms with Gasteiger partial charge in [-0.25, -0.2) is 21.8 Å². The number of carboxylic acid groups (broad SMARTS) is 2. The van der Waals surface area contributed by atoms with E-state index in [0.29, 0.717) is 53.2 Å². The van der Waals surface area contributed by atoms with Crippen molar-refractivity contribution in [1.82, 2.24) is 13.6 Å². The van der Waals surface area contributed by atoms with Gasteiger partial charge in [0.05, 0.1) is 16.9 Å². The average molecular weight is 1140 g/mol. The number of ether oxygens (including phenoxy) is 4. The third-order valence-corrected chi connectivity index (χ3v) is 16.8. The molecule has 0 unspecified atom stereocenters. The first-order chi connectivity index (χ1) is 37.7. The third-order valence-electron chi connectivity index (χ3n) is 13.3. The summed E-state index contributed by atoms with van der Waals surface area (Å²) in [6.45, 7) is 12.0. The molecule has 1 aromatic heterocycles. The van der Waals surface area contributed by atoms with Crippen molar-refractivity contribution in [1.29, 1.82) is 0 Å². The van der Waals surface area contributed by atoms with Gasteiger partial charge in [0, 0.05) is 29.7 Å². The Morgan fingerprint density at radius 3 is 1.54 bits per heavy atom. The monoisotopic (exact) mass is 1140 g/mol. The number of nitrogens with zero attached hydrogens (tertiary/aromatic N) is 3. The van der Waals surface area contributed by atoms with E-state index in [-0.39, 0.29) is 45.4 Å². The number of rotatable bonds is 16. The lowest BCUT2D eigenvalue weighted by Crippen LogP contribution is -2.36. The van der Waals surface area contributed by atoms with Crippen molar-refractivity contribution in [2.24, 2.45) is 0 Å². The van der Waals surface area contributed by atoms with E-state index in [0.717, 1.165) is 53.9 Å². The van der Waals surface area contributed by atoms with Crippen molar-refractivity contribution >= 4 is 42.9 Å². The summed E-state index contributed by atoms with van der Waals surface area (Å²) >= 11 is 0. The normalized spacial score (nSPS) is 14.5. The molecule has 0 radical (unpaired) electrons. The molecule has 0 amide bonds. The predicted molar refractivity (Wildman–Crippen MR) is 298 cm³/mol. The minimum absolute atomic E-state index is 0.0457. The SMILES string of the molecule is CC.CC1(C)CCc2cc(S(=O)(=O)N(CC(=O)O)Cc3ccc(-c4ccccc4OC(F)(F)F)cc3)ccc2O1.COc1ccc(-c2ccc(CN(CC(=O)O)S(=O)(=O)c3ccc4c(c3)CCC(C)(C)O4)cc2)c2ccc(C)nc12. The Morgan fingerprint density at radius 2 is 1.09 bits per heavy atom. The van der Waals surface area contributed by atoms with Crippen LogP contribution < -0.4 is 18.9 Å². The number of hydrogen-bond acceptors (Lipinski definition) is 11. The quantitative estimate of drug-likeness (QED) is 0.0927. The van der Waals surface area contributed by atoms with E-state index in [1.165, 1.54) is 60.7 Å². The molecular weight excluding hydrogens is 1080 g/mol. The van der Waals surface area contributed by atoms with Crippen molar-refractivity contribution in [3.8, 4) is 45.3 Å². The molecule has 2 aliphatic heterocycles. The highest BCUT2D eigenvalue weighted by Gasteiger charge is 2.34. The molecule has 6 aromatic carbocycles. The molecule has 0 aliphatic carbocycles. The molecule has 9 rings (SSSR count). The van der Waals surface area contributed by atoms with Crippen molar-refractivity contribution in [3.05, 3.63) is 161 Å². The fourth-order valence-electron chi connectivity index (χ4n) is 9.25. The van der Waals surface area contributed by atoms with Crippen LogP contribution in [0.2, 0.25) is 0 Å². The van der Waals surface area contributed by atoms with Crippen molar-refractivity contribution in [2.75, 3.05) is 20.2 Å². The number of benzene rings is 6. The Balaban J connectivity index is 0.000000225. The first-order valence-corrected chi connectivity index (χ1v) is 28.6. The second-order valence-corrected chi connectivity index (χ2v) is 24.1. The molecule has 2 aliphatic rings. The van der Waals surface area contributed by atoms with E-state index >= 15 is 0 Å². The Labute approximate surface area is 464 Å². The average Bonchev–Trinajstić information content (AvgIpc) is 3.52. The summed E-state index contributed by atoms with van der Waals surface area (Å²) in [5.74, 6) is -0.988. The van der Waals surface area contributed by atoms with Crippen LogP contribution in [0.25, 0.3) is 33.2 Å². The second kappa shape index (κ2) is 24.5. The van der Waals surface area contributed by atoms with Gasteiger partial charge in [-0.2, -0.15) is 8.61 Å². The molecule has 15 nitrogen and oxygen atoms in total. The minimum Gasteiger partial charge on any atom is -0.494 e. The van der Waals surface area contributed by atoms with Crippen LogP contribution in [0, 0.1) is 6.92 Å². The van der Waals surface area contributed by atoms with Crippen molar-refractivity contribution < 1.29 is 68.8 Å². The summed E-state index contributed by atoms with van der Waals surface area (Å²) in [5, 5.41) is 19.9. The van der Waals surface area contributed by atoms with Crippen LogP contribution in [0.4, 0.5) is 13.2 Å². The van der Waals surface area contributed by atoms with Crippen LogP contribution in [0.1, 0.15) is 82.3 Å². The number of aliphatic carboxylic acids is 2. The van der Waals surface area contributed by atoms with Crippen LogP contribution in [-0.2, 0) is 55.6 Å². The molecular formula is C60H64F3N3O12S2. The minimum atomic E-state index is -4.86. The van der Waals surface area contributed by atoms with E-state index in [1.807, 2.05) is 97.0 Å². The zero-order valence-corrected chi connectivity index (χ0v) is 47.3. The van der Waals surface area contributed by atoms with Crippen LogP contribution in [0.3, 0.4) is 0 Å². The fourth-order valence-corrected chi connectivity index (χ4v) is 12.1. The zero-order chi connectivity index (χ0) is 58.4. The standard InChI is InChI=1S/C31H32N2O6S.C27H26F3NO6S.C2H6/c1-20-5-11-26-25(12-14-28(38-4)30(26)32-20)22-8-6-21(7-9-22)18-33(19-29(34)35)40(36,37)24-10-13-27-23(17-24)15-16-31(2,3)39-27;1-26(2)14-13-20-15-21(11-12-23(20)36-26)38(34,35)31(17-25(32)33)16-18-7-9-19(10-8-18)22-5-3-4-6-24(22)37-27(28,29)30;1-2/h5-14,17H,15-16,18-19H2,1-4H3,(H,34,35);3-12,15H,13-14,16-17H2,1-2H3,(H,32,33);1-2H3. The van der Waals surface area contributed by atoms with Gasteiger partial charge < -0.3 is 29.2 Å². The van der Waals surface area contributed by atoms with Gasteiger partial charge in [0.1, 0.15) is 52.8 Å². The highest BCUT2D eigenvalue weighted by atomic mass is 32.2. The van der Waals surface area contributed by atoms with Crippen LogP contribution >= 0.6 is 0 Å². The number of hydrogen-bond donors (Lipinski definition) is 2. The van der Waals surface area contributed by atoms with Gasteiger partial charge in [-0.05, 0) is 160 Å². The Kier molecular flexibility index (Phi) is 18.4. The summed E-state index contributed by atoms with van der Waals surface area (Å²) in [6, 6.07) is 36.2. The molecule has 0 spiro atoms. The van der Waals surface area contributed by atoms with Gasteiger partial charge in [-0.3, -0.25) is 9.59 Å². The molecule has 0 bridgehead atoms. The number of methoxy groups -OCH3 is 1. The number of halogens is 3. The lowest BCUT2D eigenvalue weighted by Gasteiger charge is -2.33. The molecule has 0 saturated carbocycles. The smallest absolute Gasteiger partial charge is 0.494 e. The Hall–Kier alpha value is -7.52. The molecule has 0 fully saturated rings. The molecule has 424 valence electrons. The van der Waals surface area contributed by atoms with Crippen molar-refractivity contribution in [3.63, 3.8) is 0 Å². The van der Waals surface area contributed by atoms with Crippen LogP contribution in [0.15, 0.2) is 143 Å². The number of fused-ring (bicyclic) bond motifs is 3. The maximum atomic E-state index is 13.6. The molecule has 80 heavy (non-hydrogen) atoms. The van der Waals surface area contributed by atoms with Gasteiger partial charge in [-0.15, -0.1) is 13.2 Å². The maximum Gasteiger partial charge on any atom is 0.573 e. The summed E-state index contributed by atoms with van der Waals surface area (Å²) in [7, 11) is -6.66. The van der Waals surface area contributed by atoms with Gasteiger partial charge in [-0.1, -0.05) is 86.6 Å². The number of alkyl halides is 3. The van der Waals surface area contributed by atoms with E-state index in [2.05, 4.69) is 9.72 Å². The lowest BCUT2D eigenvalue weighted by atomic mass is 9.94. The first kappa shape index (κ1) is 60.1. The van der Waals surface area contributed by atoms with Gasteiger partial charge in [0.15, 0.2) is 0 Å². The largest absolute Gasteiger partial charge is 0.573 e. The Morgan fingerprint density at radius 1 is 0.625 bits per heavy atom. The fraction of sp³-hybridized carbons (Fsp3) is 0.317. The number of carboxylic acids is 2. The van der Waals surface area contributed by atoms with Gasteiger partial charge >= 0.3 is 18.3 Å². The van der Waals surface area contributed by atoms with Gasteiger partial charge in [0.2, 0.25) is 20.0 Å². The van der Waals surface area contributed by atoms with Crippen LogP contribution in [0.5, 0.6) is 23.0 Å². The number of sulfonamides is 2. The molecule has 2 N–H and O–H groups in total. The Bertz CT molecular complexity index is 3610. The first-order valence-electron chi connectivity index (χ1n) is 25.8. The van der Waals surface area contributed by atoms with E-state index in [1.54, 1.807) is 31.4 Å². The third kappa shape index (κ3) is 14.6. The molecule has 3 heterocycles. The molecule has 20 heteroatoms. The van der Waals surface area contributed by atoms with Crippen LogP contribution in [-0.4, -0.2) is 90.3 Å². The number of para-hydroxylation sites is 1. The topological polar surface area (TPSA) is 199 Å². The number of aryl methyl sites for hydroxylation is 3. The van der Waals surface area contributed by atoms with E-state index in [4.69, 9.17) is 14.2 Å². The summed E-state index contributed by atoms with van der Waals surface area (Å²) in [6.07, 6.45) is -2.10. The lowest BCUT2D eigenvalue weighted by molar-refractivity contribution is -0.274. The zero-order valence-electron chi connectivity index (χ0n) is 45.6. The second-order valence-electron chi connectivity index (χ2n) is 20.2. The van der Waals surface area contributed by atoms with E-state index in [9.17, 15) is 49.8 Å². The predicted octanol–water partition coefficient (Wildman–Crippen LogP) is 12.3. The summed E-state index contributed by atoms with van der Waals surface area (Å²) < 4.78 is 116. The van der Waals surface area contributed by atoms with Gasteiger partial charge in [0.25, 0.3) is 0 Å². The number of aromatic nitrogens is 1. The number of carbonyl (C=O) groups is 2. The molecule has 7 aromatic rings.